The van der Waals surface area contributed by atoms with E-state index in [2.05, 4.69) is 24.3 Å². The molecule has 1 aliphatic heterocycles. The predicted octanol–water partition coefficient (Wildman–Crippen LogP) is 4.19. The van der Waals surface area contributed by atoms with Crippen LogP contribution >= 0.6 is 0 Å². The fourth-order valence-corrected chi connectivity index (χ4v) is 3.88. The second-order valence-electron chi connectivity index (χ2n) is 7.17. The molecule has 0 aromatic heterocycles. The zero-order valence-corrected chi connectivity index (χ0v) is 15.8. The van der Waals surface area contributed by atoms with Gasteiger partial charge in [-0.25, -0.2) is 9.18 Å². The van der Waals surface area contributed by atoms with Crippen LogP contribution in [-0.4, -0.2) is 43.8 Å². The Hall–Kier alpha value is -2.40. The molecule has 27 heavy (non-hydrogen) atoms. The number of esters is 1. The lowest BCUT2D eigenvalue weighted by molar-refractivity contribution is -0.945. The Morgan fingerprint density at radius 2 is 1.78 bits per heavy atom. The molecule has 144 valence electrons. The first-order chi connectivity index (χ1) is 13.1. The molecule has 0 aliphatic carbocycles. The van der Waals surface area contributed by atoms with Crippen LogP contribution in [-0.2, 0) is 11.3 Å². The van der Waals surface area contributed by atoms with E-state index in [0.29, 0.717) is 6.61 Å². The fourth-order valence-electron chi connectivity index (χ4n) is 3.88. The van der Waals surface area contributed by atoms with Gasteiger partial charge in [-0.1, -0.05) is 36.4 Å². The molecule has 4 nitrogen and oxygen atoms in total. The van der Waals surface area contributed by atoms with Crippen LogP contribution < -0.4 is 4.74 Å². The molecule has 0 saturated carbocycles. The van der Waals surface area contributed by atoms with E-state index in [1.54, 1.807) is 0 Å². The Kier molecular flexibility index (Phi) is 6.45. The maximum absolute atomic E-state index is 14.2. The number of para-hydroxylation sites is 1. The van der Waals surface area contributed by atoms with Crippen LogP contribution in [0.4, 0.5) is 4.39 Å². The van der Waals surface area contributed by atoms with Crippen molar-refractivity contribution in [2.24, 2.45) is 0 Å². The summed E-state index contributed by atoms with van der Waals surface area (Å²) in [6.07, 6.45) is 3.65. The quantitative estimate of drug-likeness (QED) is 0.540. The number of ether oxygens (including phenoxy) is 2. The lowest BCUT2D eigenvalue weighted by Gasteiger charge is -2.41. The van der Waals surface area contributed by atoms with Gasteiger partial charge in [0.05, 0.1) is 20.2 Å². The summed E-state index contributed by atoms with van der Waals surface area (Å²) in [7, 11) is 1.28. The van der Waals surface area contributed by atoms with Gasteiger partial charge in [0.25, 0.3) is 0 Å². The summed E-state index contributed by atoms with van der Waals surface area (Å²) < 4.78 is 25.7. The van der Waals surface area contributed by atoms with E-state index in [9.17, 15) is 9.18 Å². The van der Waals surface area contributed by atoms with Gasteiger partial charge in [-0.3, -0.25) is 0 Å². The van der Waals surface area contributed by atoms with Crippen LogP contribution in [0.1, 0.15) is 35.2 Å². The van der Waals surface area contributed by atoms with Gasteiger partial charge in [0, 0.05) is 5.56 Å². The molecule has 1 fully saturated rings. The summed E-state index contributed by atoms with van der Waals surface area (Å²) >= 11 is 0. The molecule has 0 bridgehead atoms. The number of benzene rings is 2. The molecule has 1 aliphatic rings. The number of carbonyl (C=O) groups excluding carboxylic acids is 1. The number of quaternary nitrogens is 1. The van der Waals surface area contributed by atoms with Crippen LogP contribution in [0.5, 0.6) is 5.75 Å². The number of nitrogens with zero attached hydrogens (tertiary/aromatic N) is 1. The van der Waals surface area contributed by atoms with Gasteiger partial charge in [0.2, 0.25) is 0 Å². The maximum atomic E-state index is 14.2. The van der Waals surface area contributed by atoms with Gasteiger partial charge < -0.3 is 14.0 Å². The number of piperidine rings is 1. The minimum absolute atomic E-state index is 0.0146. The predicted molar refractivity (Wildman–Crippen MR) is 102 cm³/mol. The third-order valence-electron chi connectivity index (χ3n) is 5.31. The van der Waals surface area contributed by atoms with Gasteiger partial charge in [-0.15, -0.1) is 0 Å². The number of hydrogen-bond donors (Lipinski definition) is 0. The van der Waals surface area contributed by atoms with Crippen molar-refractivity contribution in [3.63, 3.8) is 0 Å². The van der Waals surface area contributed by atoms with Crippen molar-refractivity contribution in [3.8, 4) is 5.75 Å². The van der Waals surface area contributed by atoms with Crippen molar-refractivity contribution < 1.29 is 23.1 Å². The highest BCUT2D eigenvalue weighted by molar-refractivity contribution is 5.92. The van der Waals surface area contributed by atoms with E-state index >= 15 is 0 Å². The second kappa shape index (κ2) is 9.00. The van der Waals surface area contributed by atoms with Gasteiger partial charge in [0.15, 0.2) is 11.6 Å². The van der Waals surface area contributed by atoms with Crippen molar-refractivity contribution in [2.75, 3.05) is 33.4 Å². The van der Waals surface area contributed by atoms with Crippen molar-refractivity contribution in [2.45, 2.75) is 25.8 Å². The minimum Gasteiger partial charge on any atom is -0.484 e. The molecule has 3 rings (SSSR count). The molecule has 0 amide bonds. The fraction of sp³-hybridized carbons (Fsp3) is 0.409. The lowest BCUT2D eigenvalue weighted by Crippen LogP contribution is -2.52. The van der Waals surface area contributed by atoms with E-state index in [1.165, 1.54) is 50.1 Å². The number of halogens is 1. The minimum atomic E-state index is -0.587. The van der Waals surface area contributed by atoms with E-state index in [0.717, 1.165) is 30.7 Å². The molecule has 5 heteroatoms. The van der Waals surface area contributed by atoms with Crippen molar-refractivity contribution >= 4 is 5.97 Å². The molecule has 0 N–H and O–H groups in total. The largest absolute Gasteiger partial charge is 0.484 e. The van der Waals surface area contributed by atoms with Crippen LogP contribution in [0.25, 0.3) is 0 Å². The van der Waals surface area contributed by atoms with Crippen molar-refractivity contribution in [3.05, 3.63) is 65.5 Å². The number of likely N-dealkylation sites (tertiary alicyclic amines) is 1. The molecule has 0 atom stereocenters. The first-order valence-corrected chi connectivity index (χ1v) is 9.52. The van der Waals surface area contributed by atoms with Crippen LogP contribution in [0.3, 0.4) is 0 Å². The monoisotopic (exact) mass is 372 g/mol. The average molecular weight is 372 g/mol. The van der Waals surface area contributed by atoms with Crippen LogP contribution in [0.2, 0.25) is 0 Å². The lowest BCUT2D eigenvalue weighted by atomic mass is 10.1. The van der Waals surface area contributed by atoms with Crippen LogP contribution in [0, 0.1) is 5.82 Å². The summed E-state index contributed by atoms with van der Waals surface area (Å²) in [5, 5.41) is 0. The average Bonchev–Trinajstić information content (AvgIpc) is 2.70. The zero-order valence-electron chi connectivity index (χ0n) is 15.8. The molecular formula is C22H27FNO3+. The van der Waals surface area contributed by atoms with Crippen molar-refractivity contribution in [1.29, 1.82) is 0 Å². The number of methoxy groups -OCH3 is 1. The van der Waals surface area contributed by atoms with Crippen molar-refractivity contribution in [1.82, 2.24) is 0 Å². The number of hydrogen-bond acceptors (Lipinski definition) is 3. The molecule has 2 aromatic rings. The van der Waals surface area contributed by atoms with E-state index in [1.807, 2.05) is 6.07 Å². The second-order valence-corrected chi connectivity index (χ2v) is 7.17. The third-order valence-corrected chi connectivity index (χ3v) is 5.31. The van der Waals surface area contributed by atoms with Gasteiger partial charge in [-0.05, 0) is 31.4 Å². The molecule has 0 spiro atoms. The summed E-state index contributed by atoms with van der Waals surface area (Å²) in [5.74, 6) is -1.14. The zero-order chi connectivity index (χ0) is 19.1. The number of rotatable bonds is 7. The first-order valence-electron chi connectivity index (χ1n) is 9.52. The number of carbonyl (C=O) groups is 1. The Balaban J connectivity index is 1.71. The molecule has 0 unspecified atom stereocenters. The summed E-state index contributed by atoms with van der Waals surface area (Å²) in [4.78, 5) is 11.9. The van der Waals surface area contributed by atoms with Gasteiger partial charge in [-0.2, -0.15) is 0 Å². The summed E-state index contributed by atoms with van der Waals surface area (Å²) in [5.41, 5.74) is 1.44. The highest BCUT2D eigenvalue weighted by Gasteiger charge is 2.30. The highest BCUT2D eigenvalue weighted by Crippen LogP contribution is 2.26. The van der Waals surface area contributed by atoms with E-state index < -0.39 is 11.8 Å². The SMILES string of the molecule is COC(=O)c1cccc(F)c1OCC[N+]1(Cc2ccccc2)CCCCC1. The Morgan fingerprint density at radius 3 is 2.48 bits per heavy atom. The topological polar surface area (TPSA) is 35.5 Å². The Bertz CT molecular complexity index is 757. The molecule has 1 saturated heterocycles. The standard InChI is InChI=1S/C22H27FNO3/c1-26-22(25)19-11-8-12-20(23)21(19)27-16-15-24(13-6-3-7-14-24)17-18-9-4-2-5-10-18/h2,4-5,8-12H,3,6-7,13-17H2,1H3/q+1. The molecule has 1 heterocycles. The van der Waals surface area contributed by atoms with Crippen LogP contribution in [0.15, 0.2) is 48.5 Å². The molecular weight excluding hydrogens is 345 g/mol. The Labute approximate surface area is 160 Å². The van der Waals surface area contributed by atoms with E-state index in [4.69, 9.17) is 9.47 Å². The van der Waals surface area contributed by atoms with Gasteiger partial charge in [0.1, 0.15) is 25.3 Å². The third kappa shape index (κ3) is 4.86. The summed E-state index contributed by atoms with van der Waals surface area (Å²) in [6.45, 7) is 4.28. The normalized spacial score (nSPS) is 15.9. The Morgan fingerprint density at radius 1 is 1.04 bits per heavy atom. The highest BCUT2D eigenvalue weighted by atomic mass is 19.1. The van der Waals surface area contributed by atoms with E-state index in [-0.39, 0.29) is 11.3 Å². The van der Waals surface area contributed by atoms with Gasteiger partial charge >= 0.3 is 5.97 Å². The molecule has 0 radical (unpaired) electrons. The smallest absolute Gasteiger partial charge is 0.341 e. The molecule has 2 aromatic carbocycles. The maximum Gasteiger partial charge on any atom is 0.341 e. The summed E-state index contributed by atoms with van der Waals surface area (Å²) in [6, 6.07) is 14.8. The first kappa shape index (κ1) is 19.4.